The van der Waals surface area contributed by atoms with Gasteiger partial charge >= 0.3 is 0 Å². The van der Waals surface area contributed by atoms with Crippen molar-refractivity contribution >= 4 is 52.6 Å². The number of nitrogens with zero attached hydrogens (tertiary/aromatic N) is 2. The van der Waals surface area contributed by atoms with Gasteiger partial charge in [0.05, 0.1) is 5.52 Å². The van der Waals surface area contributed by atoms with Crippen molar-refractivity contribution in [3.8, 4) is 22.3 Å². The molecular weight excluding hydrogens is 423 g/mol. The summed E-state index contributed by atoms with van der Waals surface area (Å²) in [5.41, 5.74) is 6.01. The van der Waals surface area contributed by atoms with E-state index in [9.17, 15) is 0 Å². The van der Waals surface area contributed by atoms with E-state index in [2.05, 4.69) is 83.5 Å². The van der Waals surface area contributed by atoms with Crippen LogP contribution in [0.25, 0.3) is 33.2 Å². The van der Waals surface area contributed by atoms with Crippen LogP contribution >= 0.6 is 41.7 Å². The summed E-state index contributed by atoms with van der Waals surface area (Å²) in [6.45, 7) is 0. The highest BCUT2D eigenvalue weighted by molar-refractivity contribution is 14.2. The molecular formula is C17H11IN2S2. The molecule has 0 aliphatic rings. The highest BCUT2D eigenvalue weighted by Gasteiger charge is 2.11. The van der Waals surface area contributed by atoms with Crippen molar-refractivity contribution in [2.24, 2.45) is 0 Å². The molecule has 0 aliphatic heterocycles. The Bertz CT molecular complexity index is 929. The van der Waals surface area contributed by atoms with E-state index in [4.69, 9.17) is 0 Å². The molecule has 0 radical (unpaired) electrons. The largest absolute Gasteiger partial charge is 0.282 e. The molecule has 5 heteroatoms. The molecule has 0 amide bonds. The standard InChI is InChI=1S/C17H11IN2S2/c18-22-20-10-16(15-3-1-2-4-17(15)20)14-7-13(8-19-9-14)12-5-6-21-11-12/h1-11H. The number of pyridine rings is 1. The molecule has 3 heterocycles. The molecule has 0 aliphatic carbocycles. The lowest BCUT2D eigenvalue weighted by atomic mass is 10.0. The van der Waals surface area contributed by atoms with E-state index in [0.717, 1.165) is 11.1 Å². The Kier molecular flexibility index (Phi) is 3.94. The van der Waals surface area contributed by atoms with Crippen molar-refractivity contribution in [3.05, 3.63) is 65.7 Å². The first-order valence-corrected chi connectivity index (χ1v) is 11.0. The fourth-order valence-corrected chi connectivity index (χ4v) is 4.63. The van der Waals surface area contributed by atoms with Gasteiger partial charge in [-0.3, -0.25) is 8.96 Å². The number of benzene rings is 1. The SMILES string of the molecule is ISn1cc(-c2cncc(-c3ccsc3)c2)c2ccccc21. The van der Waals surface area contributed by atoms with Gasteiger partial charge in [0.15, 0.2) is 0 Å². The first kappa shape index (κ1) is 14.3. The third-order valence-electron chi connectivity index (χ3n) is 3.66. The molecule has 4 aromatic rings. The van der Waals surface area contributed by atoms with Crippen molar-refractivity contribution in [1.29, 1.82) is 0 Å². The Hall–Kier alpha value is -1.31. The summed E-state index contributed by atoms with van der Waals surface area (Å²) in [4.78, 5) is 4.45. The summed E-state index contributed by atoms with van der Waals surface area (Å²) < 4.78 is 2.20. The lowest BCUT2D eigenvalue weighted by Gasteiger charge is -2.02. The Balaban J connectivity index is 1.91. The number of rotatable bonds is 3. The van der Waals surface area contributed by atoms with Crippen LogP contribution in [-0.2, 0) is 0 Å². The van der Waals surface area contributed by atoms with E-state index in [1.807, 2.05) is 12.4 Å². The first-order chi connectivity index (χ1) is 10.9. The molecule has 1 aromatic carbocycles. The molecule has 0 fully saturated rings. The average molecular weight is 434 g/mol. The van der Waals surface area contributed by atoms with Gasteiger partial charge in [-0.15, -0.1) is 0 Å². The first-order valence-electron chi connectivity index (χ1n) is 6.74. The second kappa shape index (κ2) is 6.06. The normalized spacial score (nSPS) is 11.1. The molecule has 3 aromatic heterocycles. The van der Waals surface area contributed by atoms with Gasteiger partial charge in [0.2, 0.25) is 0 Å². The number of aromatic nitrogens is 2. The Morgan fingerprint density at radius 2 is 1.91 bits per heavy atom. The van der Waals surface area contributed by atoms with Crippen LogP contribution in [0.1, 0.15) is 0 Å². The maximum absolute atomic E-state index is 4.45. The molecule has 0 atom stereocenters. The van der Waals surface area contributed by atoms with Crippen LogP contribution < -0.4 is 0 Å². The Morgan fingerprint density at radius 3 is 2.73 bits per heavy atom. The lowest BCUT2D eigenvalue weighted by molar-refractivity contribution is 1.32. The number of hydrogen-bond donors (Lipinski definition) is 0. The fourth-order valence-electron chi connectivity index (χ4n) is 2.61. The van der Waals surface area contributed by atoms with Gasteiger partial charge in [0.1, 0.15) is 0 Å². The third-order valence-corrected chi connectivity index (χ3v) is 6.06. The number of para-hydroxylation sites is 1. The summed E-state index contributed by atoms with van der Waals surface area (Å²) >= 11 is 4.02. The number of fused-ring (bicyclic) bond motifs is 1. The maximum Gasteiger partial charge on any atom is 0.0605 e. The van der Waals surface area contributed by atoms with Crippen molar-refractivity contribution in [2.45, 2.75) is 0 Å². The summed E-state index contributed by atoms with van der Waals surface area (Å²) in [5.74, 6) is 0. The lowest BCUT2D eigenvalue weighted by Crippen LogP contribution is -1.82. The van der Waals surface area contributed by atoms with E-state index in [1.54, 1.807) is 20.5 Å². The summed E-state index contributed by atoms with van der Waals surface area (Å²) in [5, 5.41) is 5.52. The average Bonchev–Trinajstić information content (AvgIpc) is 3.23. The summed E-state index contributed by atoms with van der Waals surface area (Å²) in [6, 6.07) is 12.8. The molecule has 108 valence electrons. The van der Waals surface area contributed by atoms with Gasteiger partial charge in [0.25, 0.3) is 0 Å². The topological polar surface area (TPSA) is 17.8 Å². The van der Waals surface area contributed by atoms with E-state index in [0.29, 0.717) is 0 Å². The number of hydrogen-bond acceptors (Lipinski definition) is 3. The molecule has 0 N–H and O–H groups in total. The summed E-state index contributed by atoms with van der Waals surface area (Å²) in [7, 11) is 1.68. The molecule has 0 saturated heterocycles. The third kappa shape index (κ3) is 2.47. The van der Waals surface area contributed by atoms with Crippen molar-refractivity contribution in [3.63, 3.8) is 0 Å². The highest BCUT2D eigenvalue weighted by atomic mass is 127. The van der Waals surface area contributed by atoms with Gasteiger partial charge in [-0.25, -0.2) is 0 Å². The maximum atomic E-state index is 4.45. The molecule has 2 nitrogen and oxygen atoms in total. The molecule has 0 spiro atoms. The second-order valence-electron chi connectivity index (χ2n) is 4.93. The van der Waals surface area contributed by atoms with Crippen LogP contribution in [-0.4, -0.2) is 8.96 Å². The Morgan fingerprint density at radius 1 is 1.05 bits per heavy atom. The number of halogens is 1. The van der Waals surface area contributed by atoms with Gasteiger partial charge in [-0.05, 0) is 34.5 Å². The minimum Gasteiger partial charge on any atom is -0.282 e. The summed E-state index contributed by atoms with van der Waals surface area (Å²) in [6.07, 6.45) is 6.06. The predicted octanol–water partition coefficient (Wildman–Crippen LogP) is 6.28. The highest BCUT2D eigenvalue weighted by Crippen LogP contribution is 2.35. The fraction of sp³-hybridized carbons (Fsp3) is 0. The van der Waals surface area contributed by atoms with Crippen LogP contribution in [0.3, 0.4) is 0 Å². The Labute approximate surface area is 148 Å². The van der Waals surface area contributed by atoms with Crippen LogP contribution in [0.5, 0.6) is 0 Å². The van der Waals surface area contributed by atoms with Crippen LogP contribution in [0.4, 0.5) is 0 Å². The van der Waals surface area contributed by atoms with Gasteiger partial charge in [-0.1, -0.05) is 18.2 Å². The number of thiophene rings is 1. The monoisotopic (exact) mass is 434 g/mol. The van der Waals surface area contributed by atoms with E-state index in [1.165, 1.54) is 22.0 Å². The van der Waals surface area contributed by atoms with Gasteiger partial charge in [-0.2, -0.15) is 11.3 Å². The zero-order chi connectivity index (χ0) is 14.9. The molecule has 0 unspecified atom stereocenters. The van der Waals surface area contributed by atoms with Crippen molar-refractivity contribution in [1.82, 2.24) is 8.96 Å². The zero-order valence-electron chi connectivity index (χ0n) is 11.4. The van der Waals surface area contributed by atoms with E-state index in [-0.39, 0.29) is 0 Å². The van der Waals surface area contributed by atoms with Crippen LogP contribution in [0.2, 0.25) is 0 Å². The van der Waals surface area contributed by atoms with Crippen LogP contribution in [0, 0.1) is 0 Å². The van der Waals surface area contributed by atoms with E-state index < -0.39 is 0 Å². The predicted molar refractivity (Wildman–Crippen MR) is 105 cm³/mol. The molecule has 0 saturated carbocycles. The van der Waals surface area contributed by atoms with Gasteiger partial charge < -0.3 is 0 Å². The van der Waals surface area contributed by atoms with Gasteiger partial charge in [0, 0.05) is 71.0 Å². The quantitative estimate of drug-likeness (QED) is 0.354. The zero-order valence-corrected chi connectivity index (χ0v) is 15.2. The van der Waals surface area contributed by atoms with Crippen molar-refractivity contribution < 1.29 is 0 Å². The minimum absolute atomic E-state index is 1.16. The van der Waals surface area contributed by atoms with Crippen molar-refractivity contribution in [2.75, 3.05) is 0 Å². The molecule has 0 bridgehead atoms. The van der Waals surface area contributed by atoms with E-state index >= 15 is 0 Å². The molecule has 4 rings (SSSR count). The minimum atomic E-state index is 1.16. The second-order valence-corrected chi connectivity index (χ2v) is 7.42. The van der Waals surface area contributed by atoms with Crippen LogP contribution in [0.15, 0.2) is 65.7 Å². The smallest absolute Gasteiger partial charge is 0.0605 e. The molecule has 22 heavy (non-hydrogen) atoms.